The minimum absolute atomic E-state index is 0.00966. The molecule has 9 nitrogen and oxygen atoms in total. The van der Waals surface area contributed by atoms with Crippen molar-refractivity contribution >= 4 is 16.2 Å². The van der Waals surface area contributed by atoms with Crippen molar-refractivity contribution in [2.75, 3.05) is 14.2 Å². The molecule has 3 rings (SSSR count). The van der Waals surface area contributed by atoms with Crippen LogP contribution in [0.2, 0.25) is 0 Å². The van der Waals surface area contributed by atoms with E-state index >= 15 is 0 Å². The van der Waals surface area contributed by atoms with Gasteiger partial charge in [0.15, 0.2) is 0 Å². The third kappa shape index (κ3) is 6.08. The maximum Gasteiger partial charge on any atom is 0.528 e. The van der Waals surface area contributed by atoms with Gasteiger partial charge in [-0.05, 0) is 53.6 Å². The normalized spacial score (nSPS) is 12.1. The molecule has 0 radical (unpaired) electrons. The van der Waals surface area contributed by atoms with Gasteiger partial charge in [0.1, 0.15) is 11.4 Å². The number of imidazole rings is 1. The van der Waals surface area contributed by atoms with Crippen molar-refractivity contribution in [3.63, 3.8) is 0 Å². The zero-order chi connectivity index (χ0) is 25.8. The van der Waals surface area contributed by atoms with Gasteiger partial charge in [-0.2, -0.15) is 0 Å². The van der Waals surface area contributed by atoms with E-state index in [0.717, 1.165) is 38.1 Å². The van der Waals surface area contributed by atoms with Gasteiger partial charge in [-0.15, -0.1) is 0 Å². The van der Waals surface area contributed by atoms with Crippen molar-refractivity contribution in [3.8, 4) is 11.1 Å². The molecule has 0 amide bonds. The molecule has 0 saturated heterocycles. The maximum atomic E-state index is 13.2. The molecule has 0 saturated carbocycles. The SMILES string of the molecule is CCCc1ccc(S(=O)(=O)N(C)OC(=O)OC)c(-c2ccc(Cn3ccnc3C(C)(C)O)cc2)c1. The summed E-state index contributed by atoms with van der Waals surface area (Å²) < 4.78 is 33.2. The van der Waals surface area contributed by atoms with Crippen molar-refractivity contribution in [3.05, 3.63) is 71.8 Å². The number of carbonyl (C=O) groups is 1. The number of nitrogens with zero attached hydrogens (tertiary/aromatic N) is 3. The highest BCUT2D eigenvalue weighted by Crippen LogP contribution is 2.31. The number of hydrogen-bond donors (Lipinski definition) is 1. The second kappa shape index (κ2) is 10.6. The molecule has 0 aliphatic heterocycles. The first kappa shape index (κ1) is 26.4. The molecule has 0 fully saturated rings. The van der Waals surface area contributed by atoms with E-state index in [2.05, 4.69) is 16.6 Å². The first-order valence-corrected chi connectivity index (χ1v) is 12.6. The Morgan fingerprint density at radius 1 is 1.14 bits per heavy atom. The zero-order valence-corrected chi connectivity index (χ0v) is 21.4. The number of aryl methyl sites for hydroxylation is 1. The van der Waals surface area contributed by atoms with E-state index in [1.165, 1.54) is 6.07 Å². The van der Waals surface area contributed by atoms with Crippen LogP contribution in [-0.4, -0.2) is 47.9 Å². The first-order chi connectivity index (χ1) is 16.5. The summed E-state index contributed by atoms with van der Waals surface area (Å²) >= 11 is 0. The molecule has 0 bridgehead atoms. The predicted octanol–water partition coefficient (Wildman–Crippen LogP) is 4.10. The minimum atomic E-state index is -4.16. The molecule has 3 aromatic rings. The highest BCUT2D eigenvalue weighted by molar-refractivity contribution is 7.89. The van der Waals surface area contributed by atoms with Crippen LogP contribution in [0.3, 0.4) is 0 Å². The van der Waals surface area contributed by atoms with Gasteiger partial charge in [0.25, 0.3) is 10.0 Å². The molecular weight excluding hydrogens is 470 g/mol. The van der Waals surface area contributed by atoms with Crippen molar-refractivity contribution in [2.24, 2.45) is 0 Å². The zero-order valence-electron chi connectivity index (χ0n) is 20.6. The lowest BCUT2D eigenvalue weighted by molar-refractivity contribution is -0.0412. The summed E-state index contributed by atoms with van der Waals surface area (Å²) in [6, 6.07) is 12.6. The Morgan fingerprint density at radius 3 is 2.40 bits per heavy atom. The summed E-state index contributed by atoms with van der Waals surface area (Å²) in [5, 5.41) is 10.3. The molecule has 1 N–H and O–H groups in total. The topological polar surface area (TPSA) is 111 Å². The van der Waals surface area contributed by atoms with Gasteiger partial charge in [0.05, 0.1) is 12.0 Å². The summed E-state index contributed by atoms with van der Waals surface area (Å²) in [6.07, 6.45) is 4.02. The molecule has 10 heteroatoms. The molecule has 0 aliphatic carbocycles. The summed E-state index contributed by atoms with van der Waals surface area (Å²) in [5.74, 6) is 0.552. The smallest absolute Gasteiger partial charge is 0.436 e. The summed E-state index contributed by atoms with van der Waals surface area (Å²) in [7, 11) is -1.91. The monoisotopic (exact) mass is 501 g/mol. The maximum absolute atomic E-state index is 13.2. The quantitative estimate of drug-likeness (QED) is 0.347. The number of sulfonamides is 1. The summed E-state index contributed by atoms with van der Waals surface area (Å²) in [5.41, 5.74) is 2.07. The van der Waals surface area contributed by atoms with Crippen LogP contribution in [-0.2, 0) is 38.2 Å². The Labute approximate surface area is 205 Å². The van der Waals surface area contributed by atoms with E-state index in [1.54, 1.807) is 32.3 Å². The number of ether oxygens (including phenoxy) is 1. The molecule has 0 aliphatic rings. The molecule has 35 heavy (non-hydrogen) atoms. The van der Waals surface area contributed by atoms with Crippen LogP contribution >= 0.6 is 0 Å². The summed E-state index contributed by atoms with van der Waals surface area (Å²) in [6.45, 7) is 5.91. The molecular formula is C25H31N3O6S. The van der Waals surface area contributed by atoms with Crippen LogP contribution in [0.5, 0.6) is 0 Å². The first-order valence-electron chi connectivity index (χ1n) is 11.2. The van der Waals surface area contributed by atoms with Gasteiger partial charge in [-0.25, -0.2) is 18.2 Å². The number of aromatic nitrogens is 2. The number of methoxy groups -OCH3 is 1. The molecule has 1 aromatic heterocycles. The van der Waals surface area contributed by atoms with Gasteiger partial charge >= 0.3 is 6.16 Å². The lowest BCUT2D eigenvalue weighted by atomic mass is 10.00. The molecule has 1 heterocycles. The number of aliphatic hydroxyl groups is 1. The second-order valence-corrected chi connectivity index (χ2v) is 10.6. The van der Waals surface area contributed by atoms with E-state index < -0.39 is 21.8 Å². The van der Waals surface area contributed by atoms with E-state index in [4.69, 9.17) is 4.84 Å². The van der Waals surface area contributed by atoms with E-state index in [9.17, 15) is 18.3 Å². The van der Waals surface area contributed by atoms with Crippen LogP contribution in [0.1, 0.15) is 44.1 Å². The highest BCUT2D eigenvalue weighted by Gasteiger charge is 2.28. The van der Waals surface area contributed by atoms with Crippen LogP contribution in [0.25, 0.3) is 11.1 Å². The van der Waals surface area contributed by atoms with Gasteiger partial charge in [-0.3, -0.25) is 0 Å². The van der Waals surface area contributed by atoms with E-state index in [1.807, 2.05) is 34.9 Å². The standard InChI is InChI=1S/C25H31N3O6S/c1-6-7-18-10-13-22(35(31,32)27(4)34-24(29)33-5)21(16-18)20-11-8-19(9-12-20)17-28-15-14-26-23(28)25(2,3)30/h8-16,30H,6-7,17H2,1-5H3. The van der Waals surface area contributed by atoms with Crippen molar-refractivity contribution in [1.82, 2.24) is 14.0 Å². The van der Waals surface area contributed by atoms with Gasteiger partial charge in [0, 0.05) is 31.5 Å². The fraction of sp³-hybridized carbons (Fsp3) is 0.360. The van der Waals surface area contributed by atoms with E-state index in [0.29, 0.717) is 28.0 Å². The third-order valence-corrected chi connectivity index (χ3v) is 7.11. The van der Waals surface area contributed by atoms with Crippen molar-refractivity contribution in [2.45, 2.75) is 50.7 Å². The Morgan fingerprint density at radius 2 is 1.80 bits per heavy atom. The summed E-state index contributed by atoms with van der Waals surface area (Å²) in [4.78, 5) is 20.5. The fourth-order valence-corrected chi connectivity index (χ4v) is 4.88. The van der Waals surface area contributed by atoms with E-state index in [-0.39, 0.29) is 4.90 Å². The fourth-order valence-electron chi connectivity index (χ4n) is 3.75. The lowest BCUT2D eigenvalue weighted by Gasteiger charge is -2.19. The lowest BCUT2D eigenvalue weighted by Crippen LogP contribution is -2.30. The average molecular weight is 502 g/mol. The molecule has 0 unspecified atom stereocenters. The second-order valence-electron chi connectivity index (χ2n) is 8.68. The van der Waals surface area contributed by atoms with Crippen molar-refractivity contribution < 1.29 is 27.9 Å². The predicted molar refractivity (Wildman–Crippen MR) is 131 cm³/mol. The van der Waals surface area contributed by atoms with Crippen LogP contribution in [0.15, 0.2) is 59.8 Å². The third-order valence-electron chi connectivity index (χ3n) is 5.45. The Kier molecular flexibility index (Phi) is 7.99. The molecule has 188 valence electrons. The van der Waals surface area contributed by atoms with Gasteiger partial charge < -0.3 is 19.2 Å². The Balaban J connectivity index is 1.98. The van der Waals surface area contributed by atoms with Gasteiger partial charge in [-0.1, -0.05) is 43.7 Å². The Hall–Kier alpha value is -3.21. The average Bonchev–Trinajstić information content (AvgIpc) is 3.28. The number of benzene rings is 2. The largest absolute Gasteiger partial charge is 0.528 e. The molecule has 2 aromatic carbocycles. The molecule has 0 atom stereocenters. The van der Waals surface area contributed by atoms with Crippen LogP contribution in [0.4, 0.5) is 4.79 Å². The van der Waals surface area contributed by atoms with Crippen LogP contribution < -0.4 is 0 Å². The minimum Gasteiger partial charge on any atom is -0.436 e. The van der Waals surface area contributed by atoms with Crippen LogP contribution in [0, 0.1) is 0 Å². The Bertz CT molecular complexity index is 1280. The van der Waals surface area contributed by atoms with Crippen molar-refractivity contribution in [1.29, 1.82) is 0 Å². The van der Waals surface area contributed by atoms with Gasteiger partial charge in [0.2, 0.25) is 0 Å². The number of hydroxylamine groups is 1. The highest BCUT2D eigenvalue weighted by atomic mass is 32.2. The number of hydrogen-bond acceptors (Lipinski definition) is 7. The number of rotatable bonds is 9. The number of carbonyl (C=O) groups excluding carboxylic acids is 1. The molecule has 0 spiro atoms.